The average molecular weight is 421 g/mol. The van der Waals surface area contributed by atoms with Crippen molar-refractivity contribution in [1.29, 1.82) is 10.5 Å². The molecule has 17 heavy (non-hydrogen) atoms. The van der Waals surface area contributed by atoms with Crippen molar-refractivity contribution in [3.05, 3.63) is 37.3 Å². The van der Waals surface area contributed by atoms with Crippen molar-refractivity contribution in [1.82, 2.24) is 5.43 Å². The highest BCUT2D eigenvalue weighted by atomic mass is 79.9. The summed E-state index contributed by atoms with van der Waals surface area (Å²) >= 11 is 10.1. The molecular formula is C10H5Br3N4. The van der Waals surface area contributed by atoms with Gasteiger partial charge in [0.15, 0.2) is 0 Å². The Labute approximate surface area is 124 Å². The largest absolute Gasteiger partial charge is 0.306 e. The van der Waals surface area contributed by atoms with Gasteiger partial charge < -0.3 is 5.43 Å². The molecule has 0 unspecified atom stereocenters. The van der Waals surface area contributed by atoms with Gasteiger partial charge in [0.1, 0.15) is 17.7 Å². The number of nitrogens with zero attached hydrogens (tertiary/aromatic N) is 2. The number of hydrogen-bond donors (Lipinski definition) is 2. The van der Waals surface area contributed by atoms with E-state index in [4.69, 9.17) is 10.5 Å². The van der Waals surface area contributed by atoms with Crippen LogP contribution in [0.3, 0.4) is 0 Å². The van der Waals surface area contributed by atoms with Crippen molar-refractivity contribution in [2.45, 2.75) is 0 Å². The molecule has 0 saturated heterocycles. The van der Waals surface area contributed by atoms with Gasteiger partial charge in [-0.15, -0.1) is 0 Å². The van der Waals surface area contributed by atoms with Crippen molar-refractivity contribution < 1.29 is 0 Å². The van der Waals surface area contributed by atoms with E-state index in [0.29, 0.717) is 0 Å². The zero-order valence-electron chi connectivity index (χ0n) is 8.26. The van der Waals surface area contributed by atoms with Crippen LogP contribution in [0.1, 0.15) is 0 Å². The molecule has 2 N–H and O–H groups in total. The molecule has 0 aromatic heterocycles. The molecule has 0 saturated carbocycles. The number of rotatable bonds is 3. The number of hydrazine groups is 1. The molecule has 0 heterocycles. The maximum Gasteiger partial charge on any atom is 0.147 e. The van der Waals surface area contributed by atoms with Crippen molar-refractivity contribution in [2.75, 3.05) is 5.43 Å². The highest BCUT2D eigenvalue weighted by Crippen LogP contribution is 2.33. The molecule has 0 fully saturated rings. The van der Waals surface area contributed by atoms with Crippen molar-refractivity contribution >= 4 is 53.5 Å². The summed E-state index contributed by atoms with van der Waals surface area (Å²) in [5.41, 5.74) is 6.29. The maximum atomic E-state index is 8.54. The lowest BCUT2D eigenvalue weighted by Gasteiger charge is -2.10. The van der Waals surface area contributed by atoms with E-state index >= 15 is 0 Å². The Morgan fingerprint density at radius 3 is 2.12 bits per heavy atom. The van der Waals surface area contributed by atoms with E-state index in [0.717, 1.165) is 19.1 Å². The SMILES string of the molecule is N#CC(C#N)=CNNc1c(Br)cc(Br)cc1Br. The minimum Gasteiger partial charge on any atom is -0.306 e. The molecule has 0 aliphatic carbocycles. The van der Waals surface area contributed by atoms with Gasteiger partial charge in [0, 0.05) is 19.6 Å². The second-order valence-electron chi connectivity index (χ2n) is 2.80. The predicted molar refractivity (Wildman–Crippen MR) is 75.6 cm³/mol. The van der Waals surface area contributed by atoms with Crippen LogP contribution in [0.4, 0.5) is 5.69 Å². The summed E-state index contributed by atoms with van der Waals surface area (Å²) in [6.07, 6.45) is 1.29. The summed E-state index contributed by atoms with van der Waals surface area (Å²) in [6.45, 7) is 0. The molecule has 0 aliphatic heterocycles. The number of halogens is 3. The fourth-order valence-corrected chi connectivity index (χ4v) is 3.39. The van der Waals surface area contributed by atoms with Gasteiger partial charge in [-0.25, -0.2) is 0 Å². The maximum absolute atomic E-state index is 8.54. The summed E-state index contributed by atoms with van der Waals surface area (Å²) < 4.78 is 2.58. The van der Waals surface area contributed by atoms with Crippen LogP contribution in [0.2, 0.25) is 0 Å². The number of anilines is 1. The van der Waals surface area contributed by atoms with Crippen LogP contribution >= 0.6 is 47.8 Å². The average Bonchev–Trinajstić information content (AvgIpc) is 2.27. The lowest BCUT2D eigenvalue weighted by Crippen LogP contribution is -2.15. The highest BCUT2D eigenvalue weighted by Gasteiger charge is 2.05. The Morgan fingerprint density at radius 2 is 1.65 bits per heavy atom. The number of allylic oxidation sites excluding steroid dienone is 1. The summed E-state index contributed by atoms with van der Waals surface area (Å²) in [7, 11) is 0. The van der Waals surface area contributed by atoms with Gasteiger partial charge in [-0.1, -0.05) is 15.9 Å². The molecule has 86 valence electrons. The Morgan fingerprint density at radius 1 is 1.12 bits per heavy atom. The van der Waals surface area contributed by atoms with Crippen LogP contribution in [0.5, 0.6) is 0 Å². The van der Waals surface area contributed by atoms with E-state index in [1.165, 1.54) is 6.20 Å². The van der Waals surface area contributed by atoms with E-state index < -0.39 is 0 Å². The van der Waals surface area contributed by atoms with E-state index in [9.17, 15) is 0 Å². The van der Waals surface area contributed by atoms with E-state index in [1.807, 2.05) is 12.1 Å². The predicted octanol–water partition coefficient (Wildman–Crippen LogP) is 3.82. The van der Waals surface area contributed by atoms with Crippen molar-refractivity contribution in [2.24, 2.45) is 0 Å². The van der Waals surface area contributed by atoms with Gasteiger partial charge in [-0.2, -0.15) is 10.5 Å². The summed E-state index contributed by atoms with van der Waals surface area (Å²) in [6, 6.07) is 7.22. The summed E-state index contributed by atoms with van der Waals surface area (Å²) in [5, 5.41) is 17.1. The number of nitriles is 2. The van der Waals surface area contributed by atoms with Crippen LogP contribution in [0.25, 0.3) is 0 Å². The second-order valence-corrected chi connectivity index (χ2v) is 5.42. The van der Waals surface area contributed by atoms with Gasteiger partial charge in [0.25, 0.3) is 0 Å². The minimum atomic E-state index is -0.0122. The third-order valence-corrected chi connectivity index (χ3v) is 3.37. The summed E-state index contributed by atoms with van der Waals surface area (Å²) in [5.74, 6) is 0. The molecule has 0 amide bonds. The molecule has 0 spiro atoms. The minimum absolute atomic E-state index is 0.0122. The number of benzene rings is 1. The first-order chi connectivity index (χ1) is 8.08. The molecule has 1 aromatic carbocycles. The normalized spacial score (nSPS) is 8.76. The molecule has 0 atom stereocenters. The quantitative estimate of drug-likeness (QED) is 0.576. The zero-order chi connectivity index (χ0) is 12.8. The molecule has 0 bridgehead atoms. The molecule has 7 heteroatoms. The van der Waals surface area contributed by atoms with Crippen LogP contribution in [0.15, 0.2) is 37.3 Å². The van der Waals surface area contributed by atoms with Gasteiger partial charge >= 0.3 is 0 Å². The highest BCUT2D eigenvalue weighted by molar-refractivity contribution is 9.11. The van der Waals surface area contributed by atoms with Crippen LogP contribution in [-0.2, 0) is 0 Å². The van der Waals surface area contributed by atoms with Crippen LogP contribution < -0.4 is 10.9 Å². The van der Waals surface area contributed by atoms with Crippen molar-refractivity contribution in [3.8, 4) is 12.1 Å². The number of nitrogens with one attached hydrogen (secondary N) is 2. The van der Waals surface area contributed by atoms with E-state index in [2.05, 4.69) is 58.6 Å². The molecular weight excluding hydrogens is 416 g/mol. The van der Waals surface area contributed by atoms with Crippen LogP contribution in [0, 0.1) is 22.7 Å². The van der Waals surface area contributed by atoms with E-state index in [1.54, 1.807) is 12.1 Å². The molecule has 0 aliphatic rings. The summed E-state index contributed by atoms with van der Waals surface area (Å²) in [4.78, 5) is 0. The Balaban J connectivity index is 2.82. The lowest BCUT2D eigenvalue weighted by molar-refractivity contribution is 1.04. The topological polar surface area (TPSA) is 71.6 Å². The van der Waals surface area contributed by atoms with Crippen molar-refractivity contribution in [3.63, 3.8) is 0 Å². The number of hydrogen-bond acceptors (Lipinski definition) is 4. The van der Waals surface area contributed by atoms with Crippen LogP contribution in [-0.4, -0.2) is 0 Å². The fourth-order valence-electron chi connectivity index (χ4n) is 0.932. The third-order valence-electron chi connectivity index (χ3n) is 1.66. The smallest absolute Gasteiger partial charge is 0.147 e. The molecule has 1 aromatic rings. The standard InChI is InChI=1S/C10H5Br3N4/c11-7-1-8(12)10(9(13)2-7)17-16-5-6(3-14)4-15/h1-2,5,16-17H. The monoisotopic (exact) mass is 418 g/mol. The molecule has 4 nitrogen and oxygen atoms in total. The fraction of sp³-hybridized carbons (Fsp3) is 0. The molecule has 0 radical (unpaired) electrons. The Bertz CT molecular complexity index is 500. The Hall–Kier alpha value is -1.02. The first-order valence-electron chi connectivity index (χ1n) is 4.25. The van der Waals surface area contributed by atoms with Gasteiger partial charge in [-0.3, -0.25) is 5.43 Å². The molecule has 1 rings (SSSR count). The van der Waals surface area contributed by atoms with E-state index in [-0.39, 0.29) is 5.57 Å². The second kappa shape index (κ2) is 6.65. The first kappa shape index (κ1) is 14.0. The third kappa shape index (κ3) is 4.04. The lowest BCUT2D eigenvalue weighted by atomic mass is 10.3. The zero-order valence-corrected chi connectivity index (χ0v) is 13.0. The van der Waals surface area contributed by atoms with Gasteiger partial charge in [0.05, 0.1) is 5.69 Å². The first-order valence-corrected chi connectivity index (χ1v) is 6.63. The van der Waals surface area contributed by atoms with Gasteiger partial charge in [-0.05, 0) is 44.0 Å². The Kier molecular flexibility index (Phi) is 5.49. The van der Waals surface area contributed by atoms with Gasteiger partial charge in [0.2, 0.25) is 0 Å².